The van der Waals surface area contributed by atoms with Crippen molar-refractivity contribution in [2.75, 3.05) is 0 Å². The van der Waals surface area contributed by atoms with Gasteiger partial charge in [-0.2, -0.15) is 4.73 Å². The molecule has 0 saturated heterocycles. The van der Waals surface area contributed by atoms with Crippen LogP contribution in [0.5, 0.6) is 5.75 Å². The van der Waals surface area contributed by atoms with Crippen molar-refractivity contribution in [2.45, 2.75) is 27.4 Å². The van der Waals surface area contributed by atoms with Gasteiger partial charge in [-0.1, -0.05) is 36.4 Å². The Morgan fingerprint density at radius 3 is 2.45 bits per heavy atom. The van der Waals surface area contributed by atoms with Gasteiger partial charge in [0.1, 0.15) is 12.4 Å². The number of fused-ring (bicyclic) bond motifs is 1. The van der Waals surface area contributed by atoms with Gasteiger partial charge in [-0.05, 0) is 31.0 Å². The number of pyridine rings is 1. The lowest BCUT2D eigenvalue weighted by Crippen LogP contribution is -2.32. The number of hydrogen-bond acceptors (Lipinski definition) is 2. The highest BCUT2D eigenvalue weighted by atomic mass is 16.5. The lowest BCUT2D eigenvalue weighted by Gasteiger charge is -2.15. The molecule has 3 nitrogen and oxygen atoms in total. The first-order valence-electron chi connectivity index (χ1n) is 7.37. The quantitative estimate of drug-likeness (QED) is 0.541. The van der Waals surface area contributed by atoms with Crippen molar-refractivity contribution >= 4 is 10.9 Å². The van der Waals surface area contributed by atoms with E-state index in [2.05, 4.69) is 0 Å². The van der Waals surface area contributed by atoms with Gasteiger partial charge in [-0.25, -0.2) is 0 Å². The number of hydrogen-bond donors (Lipinski definition) is 0. The first-order valence-corrected chi connectivity index (χ1v) is 7.37. The van der Waals surface area contributed by atoms with E-state index in [1.807, 2.05) is 69.3 Å². The van der Waals surface area contributed by atoms with Crippen molar-refractivity contribution in [1.29, 1.82) is 0 Å². The zero-order chi connectivity index (χ0) is 15.7. The average Bonchev–Trinajstić information content (AvgIpc) is 2.53. The lowest BCUT2D eigenvalue weighted by atomic mass is 10.1. The highest BCUT2D eigenvalue weighted by molar-refractivity contribution is 5.84. The predicted molar refractivity (Wildman–Crippen MR) is 87.9 cm³/mol. The molecule has 0 bridgehead atoms. The molecule has 3 heteroatoms. The SMILES string of the molecule is Cc1ccc2c(c1)c(OCc1ccccc1)c(C)c(C)[n+]2[O-]. The summed E-state index contributed by atoms with van der Waals surface area (Å²) in [6.07, 6.45) is 0. The van der Waals surface area contributed by atoms with Gasteiger partial charge in [0.05, 0.1) is 10.9 Å². The maximum atomic E-state index is 12.3. The molecule has 0 saturated carbocycles. The number of benzene rings is 2. The van der Waals surface area contributed by atoms with E-state index in [-0.39, 0.29) is 0 Å². The summed E-state index contributed by atoms with van der Waals surface area (Å²) in [6.45, 7) is 6.28. The van der Waals surface area contributed by atoms with E-state index in [1.54, 1.807) is 0 Å². The maximum Gasteiger partial charge on any atom is 0.227 e. The summed E-state index contributed by atoms with van der Waals surface area (Å²) in [5.41, 5.74) is 4.44. The first-order chi connectivity index (χ1) is 10.6. The van der Waals surface area contributed by atoms with E-state index in [1.165, 1.54) is 0 Å². The Kier molecular flexibility index (Phi) is 3.72. The summed E-state index contributed by atoms with van der Waals surface area (Å²) in [4.78, 5) is 0. The molecule has 1 aromatic heterocycles. The second-order valence-corrected chi connectivity index (χ2v) is 5.63. The van der Waals surface area contributed by atoms with Crippen LogP contribution in [0, 0.1) is 26.0 Å². The Balaban J connectivity index is 2.09. The molecule has 2 aromatic carbocycles. The van der Waals surface area contributed by atoms with Crippen LogP contribution in [0.25, 0.3) is 10.9 Å². The Morgan fingerprint density at radius 2 is 1.73 bits per heavy atom. The van der Waals surface area contributed by atoms with Crippen molar-refractivity contribution in [3.8, 4) is 5.75 Å². The molecule has 0 fully saturated rings. The van der Waals surface area contributed by atoms with Crippen molar-refractivity contribution in [2.24, 2.45) is 0 Å². The third-order valence-electron chi connectivity index (χ3n) is 4.03. The topological polar surface area (TPSA) is 36.2 Å². The third kappa shape index (κ3) is 2.50. The van der Waals surface area contributed by atoms with E-state index in [0.717, 1.165) is 32.6 Å². The summed E-state index contributed by atoms with van der Waals surface area (Å²) in [5, 5.41) is 13.2. The van der Waals surface area contributed by atoms with Gasteiger partial charge in [0.2, 0.25) is 5.52 Å². The molecule has 0 aliphatic carbocycles. The van der Waals surface area contributed by atoms with Crippen LogP contribution in [0.15, 0.2) is 48.5 Å². The van der Waals surface area contributed by atoms with Crippen LogP contribution in [0.3, 0.4) is 0 Å². The highest BCUT2D eigenvalue weighted by Gasteiger charge is 2.18. The van der Waals surface area contributed by atoms with Gasteiger partial charge < -0.3 is 9.94 Å². The minimum absolute atomic E-state index is 0.493. The molecular weight excluding hydrogens is 274 g/mol. The van der Waals surface area contributed by atoms with Gasteiger partial charge in [0.15, 0.2) is 5.69 Å². The van der Waals surface area contributed by atoms with Crippen LogP contribution in [0.4, 0.5) is 0 Å². The molecular formula is C19H19NO2. The molecule has 0 N–H and O–H groups in total. The number of rotatable bonds is 3. The molecule has 0 aliphatic heterocycles. The summed E-state index contributed by atoms with van der Waals surface area (Å²) >= 11 is 0. The van der Waals surface area contributed by atoms with Gasteiger partial charge in [-0.15, -0.1) is 0 Å². The van der Waals surface area contributed by atoms with E-state index in [4.69, 9.17) is 4.74 Å². The van der Waals surface area contributed by atoms with Crippen LogP contribution in [-0.4, -0.2) is 0 Å². The number of aryl methyl sites for hydroxylation is 1. The van der Waals surface area contributed by atoms with Gasteiger partial charge >= 0.3 is 0 Å². The lowest BCUT2D eigenvalue weighted by molar-refractivity contribution is -0.584. The van der Waals surface area contributed by atoms with Crippen LogP contribution < -0.4 is 9.47 Å². The number of nitrogens with zero attached hydrogens (tertiary/aromatic N) is 1. The molecule has 1 heterocycles. The molecule has 0 amide bonds. The number of ether oxygens (including phenoxy) is 1. The fraction of sp³-hybridized carbons (Fsp3) is 0.211. The van der Waals surface area contributed by atoms with E-state index in [0.29, 0.717) is 17.8 Å². The Hall–Kier alpha value is -2.55. The molecule has 22 heavy (non-hydrogen) atoms. The van der Waals surface area contributed by atoms with E-state index in [9.17, 15) is 5.21 Å². The summed E-state index contributed by atoms with van der Waals surface area (Å²) in [7, 11) is 0. The molecule has 0 atom stereocenters. The summed E-state index contributed by atoms with van der Waals surface area (Å²) in [5.74, 6) is 0.798. The number of aromatic nitrogens is 1. The Labute approximate surface area is 130 Å². The largest absolute Gasteiger partial charge is 0.618 e. The fourth-order valence-electron chi connectivity index (χ4n) is 2.62. The van der Waals surface area contributed by atoms with E-state index >= 15 is 0 Å². The molecule has 0 unspecified atom stereocenters. The molecule has 112 valence electrons. The zero-order valence-corrected chi connectivity index (χ0v) is 13.1. The van der Waals surface area contributed by atoms with Gasteiger partial charge in [-0.3, -0.25) is 0 Å². The summed E-state index contributed by atoms with van der Waals surface area (Å²) < 4.78 is 7.06. The second kappa shape index (κ2) is 5.68. The van der Waals surface area contributed by atoms with Gasteiger partial charge in [0.25, 0.3) is 0 Å². The minimum atomic E-state index is 0.493. The zero-order valence-electron chi connectivity index (χ0n) is 13.1. The van der Waals surface area contributed by atoms with Crippen LogP contribution in [0.2, 0.25) is 0 Å². The molecule has 0 radical (unpaired) electrons. The van der Waals surface area contributed by atoms with Crippen LogP contribution in [0.1, 0.15) is 22.4 Å². The average molecular weight is 293 g/mol. The van der Waals surface area contributed by atoms with Crippen LogP contribution in [-0.2, 0) is 6.61 Å². The monoisotopic (exact) mass is 293 g/mol. The van der Waals surface area contributed by atoms with E-state index < -0.39 is 0 Å². The highest BCUT2D eigenvalue weighted by Crippen LogP contribution is 2.30. The van der Waals surface area contributed by atoms with Gasteiger partial charge in [0, 0.05) is 13.0 Å². The fourth-order valence-corrected chi connectivity index (χ4v) is 2.62. The molecule has 3 aromatic rings. The second-order valence-electron chi connectivity index (χ2n) is 5.63. The molecule has 3 rings (SSSR count). The normalized spacial score (nSPS) is 10.9. The Morgan fingerprint density at radius 1 is 1.00 bits per heavy atom. The van der Waals surface area contributed by atoms with Crippen molar-refractivity contribution in [1.82, 2.24) is 0 Å². The minimum Gasteiger partial charge on any atom is -0.618 e. The molecule has 0 spiro atoms. The maximum absolute atomic E-state index is 12.3. The van der Waals surface area contributed by atoms with Crippen molar-refractivity contribution < 1.29 is 9.47 Å². The van der Waals surface area contributed by atoms with Crippen molar-refractivity contribution in [3.05, 3.63) is 76.1 Å². The Bertz CT molecular complexity index is 826. The standard InChI is InChI=1S/C19H19NO2/c1-13-9-10-18-17(11-13)19(14(2)15(3)20(18)21)22-12-16-7-5-4-6-8-16/h4-11H,12H2,1-3H3. The van der Waals surface area contributed by atoms with Crippen molar-refractivity contribution in [3.63, 3.8) is 0 Å². The third-order valence-corrected chi connectivity index (χ3v) is 4.03. The molecule has 0 aliphatic rings. The first kappa shape index (κ1) is 14.4. The predicted octanol–water partition coefficient (Wildman–Crippen LogP) is 3.98. The smallest absolute Gasteiger partial charge is 0.227 e. The summed E-state index contributed by atoms with van der Waals surface area (Å²) in [6, 6.07) is 15.9. The van der Waals surface area contributed by atoms with Crippen LogP contribution >= 0.6 is 0 Å².